The minimum Gasteiger partial charge on any atom is -0.493 e. The minimum absolute atomic E-state index is 0.0269. The molecule has 0 saturated carbocycles. The van der Waals surface area contributed by atoms with Gasteiger partial charge in [0.1, 0.15) is 0 Å². The zero-order chi connectivity index (χ0) is 19.8. The molecule has 0 aliphatic rings. The molecule has 0 fully saturated rings. The number of hydrogen-bond acceptors (Lipinski definition) is 6. The largest absolute Gasteiger partial charge is 0.493 e. The number of carbonyl (C=O) groups excluding carboxylic acids is 2. The average Bonchev–Trinajstić information content (AvgIpc) is 2.67. The first-order valence-corrected chi connectivity index (χ1v) is 8.02. The average molecular weight is 373 g/mol. The zero-order valence-corrected chi connectivity index (χ0v) is 14.8. The van der Waals surface area contributed by atoms with Gasteiger partial charge >= 0.3 is 6.03 Å². The summed E-state index contributed by atoms with van der Waals surface area (Å²) in [6.07, 6.45) is -1.08. The van der Waals surface area contributed by atoms with Crippen LogP contribution in [0.3, 0.4) is 0 Å². The quantitative estimate of drug-likeness (QED) is 0.568. The van der Waals surface area contributed by atoms with E-state index in [0.717, 1.165) is 11.6 Å². The molecule has 0 aliphatic heterocycles. The highest BCUT2D eigenvalue weighted by molar-refractivity contribution is 5.96. The van der Waals surface area contributed by atoms with E-state index in [1.807, 2.05) is 30.3 Å². The number of benzene rings is 2. The lowest BCUT2D eigenvalue weighted by Crippen LogP contribution is -2.44. The molecule has 2 N–H and O–H groups in total. The van der Waals surface area contributed by atoms with Crippen LogP contribution in [0.1, 0.15) is 12.5 Å². The Kier molecular flexibility index (Phi) is 6.70. The lowest BCUT2D eigenvalue weighted by atomic mass is 10.2. The molecule has 0 bridgehead atoms. The molecule has 1 atom stereocenters. The van der Waals surface area contributed by atoms with Crippen LogP contribution in [-0.2, 0) is 11.3 Å². The molecule has 3 amide bonds. The molecule has 27 heavy (non-hydrogen) atoms. The fourth-order valence-corrected chi connectivity index (χ4v) is 2.15. The Balaban J connectivity index is 1.94. The Morgan fingerprint density at radius 3 is 2.48 bits per heavy atom. The van der Waals surface area contributed by atoms with Crippen LogP contribution in [0.4, 0.5) is 10.5 Å². The van der Waals surface area contributed by atoms with Crippen molar-refractivity contribution in [2.75, 3.05) is 7.11 Å². The molecule has 2 aromatic carbocycles. The number of non-ortho nitro benzene ring substituents is 1. The van der Waals surface area contributed by atoms with Crippen molar-refractivity contribution >= 4 is 17.6 Å². The van der Waals surface area contributed by atoms with Gasteiger partial charge in [0.05, 0.1) is 18.1 Å². The number of methoxy groups -OCH3 is 1. The van der Waals surface area contributed by atoms with Crippen LogP contribution in [0.2, 0.25) is 0 Å². The van der Waals surface area contributed by atoms with Crippen molar-refractivity contribution in [3.05, 3.63) is 64.2 Å². The van der Waals surface area contributed by atoms with Crippen LogP contribution in [0, 0.1) is 10.1 Å². The maximum Gasteiger partial charge on any atom is 0.321 e. The smallest absolute Gasteiger partial charge is 0.321 e. The van der Waals surface area contributed by atoms with Gasteiger partial charge in [0, 0.05) is 12.6 Å². The van der Waals surface area contributed by atoms with E-state index >= 15 is 0 Å². The number of nitro groups is 1. The van der Waals surface area contributed by atoms with Crippen molar-refractivity contribution in [3.63, 3.8) is 0 Å². The van der Waals surface area contributed by atoms with Crippen molar-refractivity contribution in [1.82, 2.24) is 10.6 Å². The molecule has 9 nitrogen and oxygen atoms in total. The van der Waals surface area contributed by atoms with Gasteiger partial charge in [0.2, 0.25) is 0 Å². The van der Waals surface area contributed by atoms with Gasteiger partial charge in [-0.25, -0.2) is 4.79 Å². The number of rotatable bonds is 7. The van der Waals surface area contributed by atoms with Gasteiger partial charge in [-0.3, -0.25) is 20.2 Å². The molecule has 0 heterocycles. The summed E-state index contributed by atoms with van der Waals surface area (Å²) in [5, 5.41) is 15.6. The van der Waals surface area contributed by atoms with Gasteiger partial charge in [-0.15, -0.1) is 0 Å². The third-order valence-electron chi connectivity index (χ3n) is 3.56. The summed E-state index contributed by atoms with van der Waals surface area (Å²) in [5.41, 5.74) is 0.671. The number of nitro benzene ring substituents is 1. The highest BCUT2D eigenvalue weighted by atomic mass is 16.6. The Labute approximate surface area is 155 Å². The zero-order valence-electron chi connectivity index (χ0n) is 14.8. The van der Waals surface area contributed by atoms with E-state index in [2.05, 4.69) is 10.6 Å². The fourth-order valence-electron chi connectivity index (χ4n) is 2.15. The Morgan fingerprint density at radius 2 is 1.85 bits per heavy atom. The summed E-state index contributed by atoms with van der Waals surface area (Å²) in [5.74, 6) is -0.443. The molecule has 0 aromatic heterocycles. The maximum absolute atomic E-state index is 12.1. The second-order valence-corrected chi connectivity index (χ2v) is 5.51. The van der Waals surface area contributed by atoms with Gasteiger partial charge in [-0.2, -0.15) is 0 Å². The van der Waals surface area contributed by atoms with Crippen LogP contribution in [0.25, 0.3) is 0 Å². The van der Waals surface area contributed by atoms with E-state index in [1.165, 1.54) is 26.2 Å². The summed E-state index contributed by atoms with van der Waals surface area (Å²) in [4.78, 5) is 34.2. The van der Waals surface area contributed by atoms with Crippen LogP contribution in [-0.4, -0.2) is 30.1 Å². The standard InChI is InChI=1S/C18H19N3O6/c1-12(27-16-10-14(21(24)25)8-9-15(16)26-2)17(22)20-18(23)19-11-13-6-4-3-5-7-13/h3-10,12H,11H2,1-2H3,(H2,19,20,22,23)/t12-/m0/s1. The molecular formula is C18H19N3O6. The van der Waals surface area contributed by atoms with E-state index in [4.69, 9.17) is 9.47 Å². The highest BCUT2D eigenvalue weighted by Crippen LogP contribution is 2.31. The number of imide groups is 1. The summed E-state index contributed by atoms with van der Waals surface area (Å²) in [6, 6.07) is 12.3. The molecular weight excluding hydrogens is 354 g/mol. The SMILES string of the molecule is COc1ccc([N+](=O)[O-])cc1O[C@@H](C)C(=O)NC(=O)NCc1ccccc1. The summed E-state index contributed by atoms with van der Waals surface area (Å²) < 4.78 is 10.5. The van der Waals surface area contributed by atoms with Gasteiger partial charge in [-0.1, -0.05) is 30.3 Å². The van der Waals surface area contributed by atoms with Gasteiger partial charge in [0.15, 0.2) is 17.6 Å². The number of hydrogen-bond donors (Lipinski definition) is 2. The van der Waals surface area contributed by atoms with Crippen molar-refractivity contribution in [3.8, 4) is 11.5 Å². The molecule has 0 radical (unpaired) electrons. The molecule has 0 spiro atoms. The van der Waals surface area contributed by atoms with E-state index in [0.29, 0.717) is 0 Å². The van der Waals surface area contributed by atoms with Crippen molar-refractivity contribution in [2.45, 2.75) is 19.6 Å². The van der Waals surface area contributed by atoms with Gasteiger partial charge in [-0.05, 0) is 18.6 Å². The second kappa shape index (κ2) is 9.18. The Hall–Kier alpha value is -3.62. The monoisotopic (exact) mass is 373 g/mol. The Morgan fingerprint density at radius 1 is 1.15 bits per heavy atom. The topological polar surface area (TPSA) is 120 Å². The number of amides is 3. The van der Waals surface area contributed by atoms with Crippen molar-refractivity contribution in [1.29, 1.82) is 0 Å². The van der Waals surface area contributed by atoms with E-state index in [9.17, 15) is 19.7 Å². The molecule has 9 heteroatoms. The first-order valence-electron chi connectivity index (χ1n) is 8.02. The minimum atomic E-state index is -1.08. The first kappa shape index (κ1) is 19.7. The van der Waals surface area contributed by atoms with Gasteiger partial charge in [0.25, 0.3) is 11.6 Å². The lowest BCUT2D eigenvalue weighted by Gasteiger charge is -2.16. The van der Waals surface area contributed by atoms with Gasteiger partial charge < -0.3 is 14.8 Å². The molecule has 0 aliphatic carbocycles. The van der Waals surface area contributed by atoms with E-state index < -0.39 is 23.0 Å². The summed E-state index contributed by atoms with van der Waals surface area (Å²) in [7, 11) is 1.37. The highest BCUT2D eigenvalue weighted by Gasteiger charge is 2.21. The third kappa shape index (κ3) is 5.70. The second-order valence-electron chi connectivity index (χ2n) is 5.51. The van der Waals surface area contributed by atoms with Crippen LogP contribution in [0.15, 0.2) is 48.5 Å². The number of ether oxygens (including phenoxy) is 2. The molecule has 142 valence electrons. The molecule has 0 unspecified atom stereocenters. The van der Waals surface area contributed by atoms with Crippen LogP contribution >= 0.6 is 0 Å². The normalized spacial score (nSPS) is 11.2. The molecule has 2 aromatic rings. The van der Waals surface area contributed by atoms with Crippen molar-refractivity contribution in [2.24, 2.45) is 0 Å². The van der Waals surface area contributed by atoms with Crippen LogP contribution < -0.4 is 20.1 Å². The van der Waals surface area contributed by atoms with Crippen LogP contribution in [0.5, 0.6) is 11.5 Å². The lowest BCUT2D eigenvalue weighted by molar-refractivity contribution is -0.385. The predicted octanol–water partition coefficient (Wildman–Crippen LogP) is 2.40. The van der Waals surface area contributed by atoms with E-state index in [1.54, 1.807) is 0 Å². The number of carbonyl (C=O) groups is 2. The van der Waals surface area contributed by atoms with E-state index in [-0.39, 0.29) is 23.7 Å². The first-order chi connectivity index (χ1) is 12.9. The molecule has 2 rings (SSSR count). The Bertz CT molecular complexity index is 825. The number of nitrogens with zero attached hydrogens (tertiary/aromatic N) is 1. The number of nitrogens with one attached hydrogen (secondary N) is 2. The number of urea groups is 1. The summed E-state index contributed by atoms with van der Waals surface area (Å²) >= 11 is 0. The maximum atomic E-state index is 12.1. The predicted molar refractivity (Wildman–Crippen MR) is 96.6 cm³/mol. The molecule has 0 saturated heterocycles. The fraction of sp³-hybridized carbons (Fsp3) is 0.222. The van der Waals surface area contributed by atoms with Crippen molar-refractivity contribution < 1.29 is 24.0 Å². The third-order valence-corrected chi connectivity index (χ3v) is 3.56. The summed E-state index contributed by atoms with van der Waals surface area (Å²) in [6.45, 7) is 1.67.